The van der Waals surface area contributed by atoms with E-state index in [1.165, 1.54) is 4.90 Å². The molecule has 7 heteroatoms. The molecule has 7 nitrogen and oxygen atoms in total. The van der Waals surface area contributed by atoms with Crippen LogP contribution in [0.3, 0.4) is 0 Å². The first-order valence-electron chi connectivity index (χ1n) is 11.9. The summed E-state index contributed by atoms with van der Waals surface area (Å²) in [6.45, 7) is 2.71. The molecule has 1 aromatic heterocycles. The molecule has 1 aliphatic carbocycles. The maximum Gasteiger partial charge on any atom is 0.355 e. The molecular formula is C28H28N2O5. The fraction of sp³-hybridized carbons (Fsp3) is 0.321. The van der Waals surface area contributed by atoms with Crippen molar-refractivity contribution in [3.8, 4) is 0 Å². The molecule has 5 rings (SSSR count). The molecule has 3 atom stereocenters. The van der Waals surface area contributed by atoms with Crippen LogP contribution in [0.25, 0.3) is 0 Å². The molecule has 1 aliphatic heterocycles. The van der Waals surface area contributed by atoms with Gasteiger partial charge >= 0.3 is 5.97 Å². The number of benzene rings is 2. The molecule has 0 bridgehead atoms. The van der Waals surface area contributed by atoms with Crippen LogP contribution < -0.4 is 4.90 Å². The Balaban J connectivity index is 1.61. The minimum atomic E-state index is -0.601. The largest absolute Gasteiger partial charge is 0.461 e. The highest BCUT2D eigenvalue weighted by Gasteiger charge is 2.55. The highest BCUT2D eigenvalue weighted by Crippen LogP contribution is 2.48. The molecule has 3 aromatic rings. The summed E-state index contributed by atoms with van der Waals surface area (Å²) in [5.74, 6) is -2.42. The van der Waals surface area contributed by atoms with Gasteiger partial charge in [0.25, 0.3) is 0 Å². The first kappa shape index (κ1) is 23.1. The van der Waals surface area contributed by atoms with Crippen LogP contribution in [0.15, 0.2) is 66.9 Å². The van der Waals surface area contributed by atoms with Gasteiger partial charge in [-0.25, -0.2) is 4.79 Å². The third kappa shape index (κ3) is 3.96. The number of rotatable bonds is 7. The molecule has 2 aliphatic rings. The molecule has 0 spiro atoms. The molecule has 0 saturated carbocycles. The zero-order chi connectivity index (χ0) is 24.5. The van der Waals surface area contributed by atoms with Crippen LogP contribution in [0.5, 0.6) is 0 Å². The second kappa shape index (κ2) is 9.50. The first-order chi connectivity index (χ1) is 17.0. The summed E-state index contributed by atoms with van der Waals surface area (Å²) in [5.41, 5.74) is 3.69. The Hall–Kier alpha value is -3.71. The number of amides is 2. The van der Waals surface area contributed by atoms with Gasteiger partial charge in [0.05, 0.1) is 30.7 Å². The summed E-state index contributed by atoms with van der Waals surface area (Å²) in [5, 5.41) is 0. The number of fused-ring (bicyclic) bond motifs is 2. The van der Waals surface area contributed by atoms with Gasteiger partial charge in [0.15, 0.2) is 0 Å². The zero-order valence-corrected chi connectivity index (χ0v) is 19.8. The Morgan fingerprint density at radius 3 is 2.34 bits per heavy atom. The molecule has 2 amide bonds. The number of aromatic nitrogens is 1. The number of nitrogens with zero attached hydrogens (tertiary/aromatic N) is 2. The Kier molecular flexibility index (Phi) is 6.26. The molecule has 2 heterocycles. The van der Waals surface area contributed by atoms with E-state index < -0.39 is 23.7 Å². The second-order valence-electron chi connectivity index (χ2n) is 9.00. The van der Waals surface area contributed by atoms with Crippen molar-refractivity contribution in [3.05, 3.63) is 89.2 Å². The van der Waals surface area contributed by atoms with E-state index in [9.17, 15) is 14.4 Å². The summed E-state index contributed by atoms with van der Waals surface area (Å²) >= 11 is 0. The van der Waals surface area contributed by atoms with Gasteiger partial charge in [0.2, 0.25) is 11.8 Å². The van der Waals surface area contributed by atoms with Gasteiger partial charge in [0.1, 0.15) is 5.69 Å². The van der Waals surface area contributed by atoms with Crippen molar-refractivity contribution < 1.29 is 23.9 Å². The number of ether oxygens (including phenoxy) is 2. The standard InChI is InChI=1S/C28H28N2O5/c1-3-35-28(33)25-23-19(16-29(25)15-18-10-6-4-7-11-18)14-21-24(22(23)17-34-2)27(32)30(26(21)31)20-12-8-5-9-13-20/h4-13,16,21-22,24H,3,14-15,17H2,1-2H3/t21-,22+,24-/m1/s1. The van der Waals surface area contributed by atoms with Crippen LogP contribution in [-0.4, -0.2) is 42.7 Å². The van der Waals surface area contributed by atoms with E-state index in [1.54, 1.807) is 26.2 Å². The molecule has 35 heavy (non-hydrogen) atoms. The fourth-order valence-corrected chi connectivity index (χ4v) is 5.57. The molecule has 0 unspecified atom stereocenters. The Labute approximate surface area is 204 Å². The average molecular weight is 473 g/mol. The first-order valence-corrected chi connectivity index (χ1v) is 11.9. The van der Waals surface area contributed by atoms with Crippen molar-refractivity contribution in [1.82, 2.24) is 4.57 Å². The maximum absolute atomic E-state index is 13.7. The molecule has 2 aromatic carbocycles. The highest BCUT2D eigenvalue weighted by molar-refractivity contribution is 6.22. The lowest BCUT2D eigenvalue weighted by atomic mass is 9.71. The number of carbonyl (C=O) groups excluding carboxylic acids is 3. The quantitative estimate of drug-likeness (QED) is 0.386. The van der Waals surface area contributed by atoms with Crippen LogP contribution in [0, 0.1) is 11.8 Å². The molecule has 0 radical (unpaired) electrons. The number of methoxy groups -OCH3 is 1. The van der Waals surface area contributed by atoms with E-state index in [0.717, 1.165) is 16.7 Å². The number of esters is 1. The fourth-order valence-electron chi connectivity index (χ4n) is 5.57. The summed E-state index contributed by atoms with van der Waals surface area (Å²) < 4.78 is 12.9. The van der Waals surface area contributed by atoms with Gasteiger partial charge in [-0.1, -0.05) is 48.5 Å². The smallest absolute Gasteiger partial charge is 0.355 e. The van der Waals surface area contributed by atoms with E-state index in [0.29, 0.717) is 24.3 Å². The SMILES string of the molecule is CCOC(=O)c1c2c(cn1Cc1ccccc1)C[C@H]1C(=O)N(c3ccccc3)C(=O)[C@H]1[C@H]2COC. The zero-order valence-electron chi connectivity index (χ0n) is 19.8. The van der Waals surface area contributed by atoms with Gasteiger partial charge in [0, 0.05) is 25.8 Å². The number of hydrogen-bond acceptors (Lipinski definition) is 5. The molecule has 0 N–H and O–H groups in total. The van der Waals surface area contributed by atoms with Crippen LogP contribution in [0.4, 0.5) is 5.69 Å². The topological polar surface area (TPSA) is 77.8 Å². The summed E-state index contributed by atoms with van der Waals surface area (Å²) in [4.78, 5) is 41.7. The highest BCUT2D eigenvalue weighted by atomic mass is 16.5. The second-order valence-corrected chi connectivity index (χ2v) is 9.00. The molecule has 180 valence electrons. The van der Waals surface area contributed by atoms with Crippen molar-refractivity contribution in [1.29, 1.82) is 0 Å². The van der Waals surface area contributed by atoms with Gasteiger partial charge in [-0.3, -0.25) is 14.5 Å². The summed E-state index contributed by atoms with van der Waals surface area (Å²) in [7, 11) is 1.57. The number of anilines is 1. The number of hydrogen-bond donors (Lipinski definition) is 0. The lowest BCUT2D eigenvalue weighted by Gasteiger charge is -2.31. The van der Waals surface area contributed by atoms with Gasteiger partial charge in [-0.15, -0.1) is 0 Å². The number of imide groups is 1. The van der Waals surface area contributed by atoms with E-state index in [2.05, 4.69) is 0 Å². The van der Waals surface area contributed by atoms with Crippen LogP contribution in [0.1, 0.15) is 40.0 Å². The van der Waals surface area contributed by atoms with E-state index in [1.807, 2.05) is 59.3 Å². The van der Waals surface area contributed by atoms with Crippen LogP contribution >= 0.6 is 0 Å². The van der Waals surface area contributed by atoms with Crippen LogP contribution in [-0.2, 0) is 32.0 Å². The number of para-hydroxylation sites is 1. The van der Waals surface area contributed by atoms with E-state index in [4.69, 9.17) is 9.47 Å². The van der Waals surface area contributed by atoms with Crippen molar-refractivity contribution >= 4 is 23.5 Å². The predicted molar refractivity (Wildman–Crippen MR) is 130 cm³/mol. The summed E-state index contributed by atoms with van der Waals surface area (Å²) in [6, 6.07) is 18.9. The monoisotopic (exact) mass is 472 g/mol. The third-order valence-corrected chi connectivity index (χ3v) is 6.95. The molecule has 1 fully saturated rings. The lowest BCUT2D eigenvalue weighted by molar-refractivity contribution is -0.122. The van der Waals surface area contributed by atoms with Crippen LogP contribution in [0.2, 0.25) is 0 Å². The molecule has 1 saturated heterocycles. The Morgan fingerprint density at radius 1 is 1.00 bits per heavy atom. The Bertz CT molecular complexity index is 1250. The van der Waals surface area contributed by atoms with Crippen molar-refractivity contribution in [2.45, 2.75) is 25.8 Å². The van der Waals surface area contributed by atoms with Gasteiger partial charge < -0.3 is 14.0 Å². The lowest BCUT2D eigenvalue weighted by Crippen LogP contribution is -2.35. The van der Waals surface area contributed by atoms with E-state index >= 15 is 0 Å². The van der Waals surface area contributed by atoms with Crippen molar-refractivity contribution in [2.24, 2.45) is 11.8 Å². The minimum absolute atomic E-state index is 0.202. The molecular weight excluding hydrogens is 444 g/mol. The van der Waals surface area contributed by atoms with Gasteiger partial charge in [-0.05, 0) is 42.2 Å². The maximum atomic E-state index is 13.7. The predicted octanol–water partition coefficient (Wildman–Crippen LogP) is 3.81. The normalized spacial score (nSPS) is 21.1. The Morgan fingerprint density at radius 2 is 1.69 bits per heavy atom. The number of carbonyl (C=O) groups is 3. The van der Waals surface area contributed by atoms with Crippen molar-refractivity contribution in [2.75, 3.05) is 25.2 Å². The van der Waals surface area contributed by atoms with E-state index in [-0.39, 0.29) is 25.0 Å². The average Bonchev–Trinajstić information content (AvgIpc) is 3.34. The summed E-state index contributed by atoms with van der Waals surface area (Å²) in [6.07, 6.45) is 2.33. The third-order valence-electron chi connectivity index (χ3n) is 6.95. The van der Waals surface area contributed by atoms with Crippen molar-refractivity contribution in [3.63, 3.8) is 0 Å². The minimum Gasteiger partial charge on any atom is -0.461 e. The van der Waals surface area contributed by atoms with Gasteiger partial charge in [-0.2, -0.15) is 0 Å².